The number of nitrogens with one attached hydrogen (secondary N) is 2. The summed E-state index contributed by atoms with van der Waals surface area (Å²) >= 11 is 0. The molecule has 0 saturated heterocycles. The summed E-state index contributed by atoms with van der Waals surface area (Å²) in [5, 5.41) is 19.4. The van der Waals surface area contributed by atoms with Crippen LogP contribution in [-0.2, 0) is 4.74 Å². The zero-order chi connectivity index (χ0) is 13.7. The number of hydrogen-bond donors (Lipinski definition) is 3. The van der Waals surface area contributed by atoms with Crippen molar-refractivity contribution in [2.24, 2.45) is 0 Å². The molecule has 6 heteroatoms. The van der Waals surface area contributed by atoms with E-state index in [1.54, 1.807) is 7.11 Å². The Balaban J connectivity index is 2.14. The highest BCUT2D eigenvalue weighted by atomic mass is 16.5. The Kier molecular flexibility index (Phi) is 4.48. The molecule has 0 fully saturated rings. The van der Waals surface area contributed by atoms with Crippen molar-refractivity contribution < 1.29 is 14.6 Å². The first kappa shape index (κ1) is 13.5. The number of rotatable bonds is 6. The number of carbonyl (C=O) groups is 1. The highest BCUT2D eigenvalue weighted by Gasteiger charge is 2.17. The first-order valence-electron chi connectivity index (χ1n) is 6.10. The van der Waals surface area contributed by atoms with E-state index in [4.69, 9.17) is 9.84 Å². The lowest BCUT2D eigenvalue weighted by Gasteiger charge is -2.15. The SMILES string of the molecule is COCC(CCO)NC(=O)c1n[nH]c2ccccc12. The minimum absolute atomic E-state index is 0.00435. The van der Waals surface area contributed by atoms with Crippen LogP contribution in [0.1, 0.15) is 16.9 Å². The van der Waals surface area contributed by atoms with E-state index in [1.165, 1.54) is 0 Å². The molecule has 1 amide bonds. The van der Waals surface area contributed by atoms with Crippen LogP contribution in [0.5, 0.6) is 0 Å². The van der Waals surface area contributed by atoms with E-state index >= 15 is 0 Å². The van der Waals surface area contributed by atoms with Gasteiger partial charge < -0.3 is 15.2 Å². The molecular weight excluding hydrogens is 246 g/mol. The Morgan fingerprint density at radius 2 is 2.32 bits per heavy atom. The fourth-order valence-corrected chi connectivity index (χ4v) is 1.94. The molecule has 19 heavy (non-hydrogen) atoms. The number of aliphatic hydroxyl groups is 1. The standard InChI is InChI=1S/C13H17N3O3/c1-19-8-9(6-7-17)14-13(18)12-10-4-2-3-5-11(10)15-16-12/h2-5,9,17H,6-8H2,1H3,(H,14,18)(H,15,16). The molecule has 3 N–H and O–H groups in total. The third-order valence-electron chi connectivity index (χ3n) is 2.87. The zero-order valence-electron chi connectivity index (χ0n) is 10.7. The molecule has 0 saturated carbocycles. The quantitative estimate of drug-likeness (QED) is 0.715. The Hall–Kier alpha value is -1.92. The molecule has 1 aromatic heterocycles. The molecule has 102 valence electrons. The fraction of sp³-hybridized carbons (Fsp3) is 0.385. The van der Waals surface area contributed by atoms with Crippen LogP contribution in [0.25, 0.3) is 10.9 Å². The lowest BCUT2D eigenvalue weighted by atomic mass is 10.2. The van der Waals surface area contributed by atoms with Crippen molar-refractivity contribution in [3.05, 3.63) is 30.0 Å². The van der Waals surface area contributed by atoms with E-state index in [-0.39, 0.29) is 18.6 Å². The van der Waals surface area contributed by atoms with Crippen LogP contribution in [0.3, 0.4) is 0 Å². The summed E-state index contributed by atoms with van der Waals surface area (Å²) in [7, 11) is 1.56. The highest BCUT2D eigenvalue weighted by Crippen LogP contribution is 2.15. The lowest BCUT2D eigenvalue weighted by molar-refractivity contribution is 0.0875. The Morgan fingerprint density at radius 1 is 1.53 bits per heavy atom. The monoisotopic (exact) mass is 263 g/mol. The molecule has 0 aliphatic heterocycles. The number of aromatic nitrogens is 2. The van der Waals surface area contributed by atoms with Gasteiger partial charge in [-0.05, 0) is 12.5 Å². The maximum absolute atomic E-state index is 12.1. The van der Waals surface area contributed by atoms with Crippen LogP contribution in [0.15, 0.2) is 24.3 Å². The first-order chi connectivity index (χ1) is 9.26. The normalized spacial score (nSPS) is 12.5. The molecule has 2 aromatic rings. The molecule has 0 radical (unpaired) electrons. The third-order valence-corrected chi connectivity index (χ3v) is 2.87. The number of H-pyrrole nitrogens is 1. The summed E-state index contributed by atoms with van der Waals surface area (Å²) in [6.45, 7) is 0.351. The number of hydrogen-bond acceptors (Lipinski definition) is 4. The molecule has 6 nitrogen and oxygen atoms in total. The molecule has 1 aromatic carbocycles. The molecule has 0 bridgehead atoms. The molecular formula is C13H17N3O3. The summed E-state index contributed by atoms with van der Waals surface area (Å²) in [5.41, 5.74) is 1.17. The number of carbonyl (C=O) groups excluding carboxylic acids is 1. The van der Waals surface area contributed by atoms with Crippen molar-refractivity contribution >= 4 is 16.8 Å². The van der Waals surface area contributed by atoms with E-state index in [0.29, 0.717) is 18.7 Å². The van der Waals surface area contributed by atoms with Gasteiger partial charge in [0.2, 0.25) is 0 Å². The second kappa shape index (κ2) is 6.31. The summed E-state index contributed by atoms with van der Waals surface area (Å²) in [4.78, 5) is 12.1. The smallest absolute Gasteiger partial charge is 0.272 e. The van der Waals surface area contributed by atoms with Gasteiger partial charge in [0.05, 0.1) is 18.2 Å². The lowest BCUT2D eigenvalue weighted by Crippen LogP contribution is -2.38. The second-order valence-corrected chi connectivity index (χ2v) is 4.26. The Morgan fingerprint density at radius 3 is 3.05 bits per heavy atom. The minimum atomic E-state index is -0.270. The van der Waals surface area contributed by atoms with Gasteiger partial charge in [0.1, 0.15) is 0 Å². The van der Waals surface area contributed by atoms with Crippen molar-refractivity contribution in [2.45, 2.75) is 12.5 Å². The van der Waals surface area contributed by atoms with Gasteiger partial charge in [-0.1, -0.05) is 18.2 Å². The maximum atomic E-state index is 12.1. The number of aromatic amines is 1. The van der Waals surface area contributed by atoms with Crippen LogP contribution in [0, 0.1) is 0 Å². The Bertz CT molecular complexity index is 547. The topological polar surface area (TPSA) is 87.2 Å². The van der Waals surface area contributed by atoms with E-state index in [1.807, 2.05) is 24.3 Å². The van der Waals surface area contributed by atoms with Gasteiger partial charge in [-0.2, -0.15) is 5.10 Å². The number of aliphatic hydroxyl groups excluding tert-OH is 1. The van der Waals surface area contributed by atoms with Crippen LogP contribution in [0.2, 0.25) is 0 Å². The van der Waals surface area contributed by atoms with Gasteiger partial charge in [-0.3, -0.25) is 9.89 Å². The van der Waals surface area contributed by atoms with Crippen molar-refractivity contribution in [1.29, 1.82) is 0 Å². The van der Waals surface area contributed by atoms with Gasteiger partial charge in [-0.15, -0.1) is 0 Å². The van der Waals surface area contributed by atoms with Gasteiger partial charge in [-0.25, -0.2) is 0 Å². The van der Waals surface area contributed by atoms with Crippen molar-refractivity contribution in [2.75, 3.05) is 20.3 Å². The largest absolute Gasteiger partial charge is 0.396 e. The molecule has 1 atom stereocenters. The van der Waals surface area contributed by atoms with Crippen molar-refractivity contribution in [3.8, 4) is 0 Å². The summed E-state index contributed by atoms with van der Waals surface area (Å²) < 4.78 is 5.01. The minimum Gasteiger partial charge on any atom is -0.396 e. The number of amides is 1. The van der Waals surface area contributed by atoms with Crippen molar-refractivity contribution in [1.82, 2.24) is 15.5 Å². The number of para-hydroxylation sites is 1. The van der Waals surface area contributed by atoms with Gasteiger partial charge in [0.25, 0.3) is 5.91 Å². The van der Waals surface area contributed by atoms with Gasteiger partial charge in [0.15, 0.2) is 5.69 Å². The first-order valence-corrected chi connectivity index (χ1v) is 6.10. The van der Waals surface area contributed by atoms with Crippen molar-refractivity contribution in [3.63, 3.8) is 0 Å². The average molecular weight is 263 g/mol. The summed E-state index contributed by atoms with van der Waals surface area (Å²) in [6, 6.07) is 7.21. The van der Waals surface area contributed by atoms with E-state index < -0.39 is 0 Å². The van der Waals surface area contributed by atoms with Crippen LogP contribution >= 0.6 is 0 Å². The highest BCUT2D eigenvalue weighted by molar-refractivity contribution is 6.04. The van der Waals surface area contributed by atoms with Crippen LogP contribution in [-0.4, -0.2) is 47.6 Å². The average Bonchev–Trinajstić information content (AvgIpc) is 2.83. The maximum Gasteiger partial charge on any atom is 0.272 e. The van der Waals surface area contributed by atoms with Crippen LogP contribution < -0.4 is 5.32 Å². The number of fused-ring (bicyclic) bond motifs is 1. The number of nitrogens with zero attached hydrogens (tertiary/aromatic N) is 1. The molecule has 2 rings (SSSR count). The van der Waals surface area contributed by atoms with E-state index in [0.717, 1.165) is 10.9 Å². The molecule has 0 aliphatic rings. The number of ether oxygens (including phenoxy) is 1. The molecule has 0 spiro atoms. The van der Waals surface area contributed by atoms with Gasteiger partial charge in [0, 0.05) is 19.1 Å². The van der Waals surface area contributed by atoms with Crippen LogP contribution in [0.4, 0.5) is 0 Å². The number of methoxy groups -OCH3 is 1. The van der Waals surface area contributed by atoms with E-state index in [9.17, 15) is 4.79 Å². The summed E-state index contributed by atoms with van der Waals surface area (Å²) in [6.07, 6.45) is 0.446. The zero-order valence-corrected chi connectivity index (χ0v) is 10.7. The molecule has 1 heterocycles. The van der Waals surface area contributed by atoms with E-state index in [2.05, 4.69) is 15.5 Å². The number of benzene rings is 1. The predicted molar refractivity (Wildman–Crippen MR) is 70.9 cm³/mol. The molecule has 0 aliphatic carbocycles. The third kappa shape index (κ3) is 3.10. The predicted octanol–water partition coefficient (Wildman–Crippen LogP) is 0.690. The summed E-state index contributed by atoms with van der Waals surface area (Å²) in [5.74, 6) is -0.270. The second-order valence-electron chi connectivity index (χ2n) is 4.26. The molecule has 1 unspecified atom stereocenters. The fourth-order valence-electron chi connectivity index (χ4n) is 1.94. The Labute approximate surface area is 110 Å². The van der Waals surface area contributed by atoms with Gasteiger partial charge >= 0.3 is 0 Å².